The summed E-state index contributed by atoms with van der Waals surface area (Å²) in [5.74, 6) is -1.04. The quantitative estimate of drug-likeness (QED) is 0.804. The molecule has 2 aromatic carbocycles. The van der Waals surface area contributed by atoms with Crippen LogP contribution in [0.15, 0.2) is 60.7 Å². The van der Waals surface area contributed by atoms with Crippen LogP contribution in [-0.4, -0.2) is 41.0 Å². The molecule has 1 N–H and O–H groups in total. The van der Waals surface area contributed by atoms with E-state index in [0.29, 0.717) is 0 Å². The maximum atomic E-state index is 12.5. The number of urea groups is 1. The number of fused-ring (bicyclic) bond motifs is 1. The van der Waals surface area contributed by atoms with E-state index in [9.17, 15) is 14.4 Å². The molecule has 0 spiro atoms. The van der Waals surface area contributed by atoms with Crippen LogP contribution in [-0.2, 0) is 25.7 Å². The van der Waals surface area contributed by atoms with Crippen molar-refractivity contribution < 1.29 is 23.9 Å². The van der Waals surface area contributed by atoms with Gasteiger partial charge < -0.3 is 14.4 Å². The van der Waals surface area contributed by atoms with Crippen LogP contribution in [0, 0.1) is 0 Å². The third kappa shape index (κ3) is 3.14. The van der Waals surface area contributed by atoms with Crippen LogP contribution in [0.3, 0.4) is 0 Å². The van der Waals surface area contributed by atoms with E-state index in [-0.39, 0.29) is 13.2 Å². The highest BCUT2D eigenvalue weighted by atomic mass is 16.6. The molecule has 2 aromatic rings. The number of esters is 1. The first-order valence-corrected chi connectivity index (χ1v) is 9.03. The van der Waals surface area contributed by atoms with Crippen LogP contribution in [0.5, 0.6) is 0 Å². The molecular weight excluding hydrogens is 360 g/mol. The normalized spacial score (nSPS) is 26.1. The highest BCUT2D eigenvalue weighted by Gasteiger charge is 2.64. The van der Waals surface area contributed by atoms with Gasteiger partial charge in [-0.05, 0) is 18.1 Å². The van der Waals surface area contributed by atoms with Crippen molar-refractivity contribution in [2.75, 3.05) is 6.54 Å². The second-order valence-corrected chi connectivity index (χ2v) is 7.03. The minimum atomic E-state index is -1.20. The Morgan fingerprint density at radius 3 is 2.43 bits per heavy atom. The third-order valence-corrected chi connectivity index (χ3v) is 5.16. The Balaban J connectivity index is 1.50. The maximum Gasteiger partial charge on any atom is 0.326 e. The summed E-state index contributed by atoms with van der Waals surface area (Å²) in [6, 6.07) is 17.4. The van der Waals surface area contributed by atoms with E-state index >= 15 is 0 Å². The number of rotatable bonds is 5. The summed E-state index contributed by atoms with van der Waals surface area (Å²) in [6.45, 7) is 1.48. The van der Waals surface area contributed by atoms with Crippen molar-refractivity contribution in [2.45, 2.75) is 31.3 Å². The molecule has 0 saturated carbocycles. The first-order chi connectivity index (χ1) is 13.5. The number of nitrogens with one attached hydrogen (secondary N) is 1. The van der Waals surface area contributed by atoms with Crippen molar-refractivity contribution in [1.29, 1.82) is 0 Å². The number of amides is 3. The van der Waals surface area contributed by atoms with Gasteiger partial charge in [0.05, 0.1) is 0 Å². The molecule has 0 bridgehead atoms. The number of carbonyl (C=O) groups excluding carboxylic acids is 3. The third-order valence-electron chi connectivity index (χ3n) is 5.16. The van der Waals surface area contributed by atoms with Gasteiger partial charge in [0.15, 0.2) is 5.60 Å². The summed E-state index contributed by atoms with van der Waals surface area (Å²) in [4.78, 5) is 38.5. The van der Waals surface area contributed by atoms with E-state index < -0.39 is 35.7 Å². The van der Waals surface area contributed by atoms with E-state index in [1.165, 1.54) is 4.90 Å². The summed E-state index contributed by atoms with van der Waals surface area (Å²) >= 11 is 0. The number of carbonyl (C=O) groups is 3. The van der Waals surface area contributed by atoms with Gasteiger partial charge >= 0.3 is 12.0 Å². The molecule has 4 rings (SSSR count). The lowest BCUT2D eigenvalue weighted by molar-refractivity contribution is -0.250. The zero-order valence-electron chi connectivity index (χ0n) is 15.3. The van der Waals surface area contributed by atoms with E-state index in [2.05, 4.69) is 5.32 Å². The van der Waals surface area contributed by atoms with Gasteiger partial charge in [-0.15, -0.1) is 0 Å². The fourth-order valence-electron chi connectivity index (χ4n) is 3.67. The van der Waals surface area contributed by atoms with E-state index in [1.807, 2.05) is 60.7 Å². The Labute approximate surface area is 162 Å². The highest BCUT2D eigenvalue weighted by molar-refractivity contribution is 6.03. The van der Waals surface area contributed by atoms with Gasteiger partial charge in [0.25, 0.3) is 5.91 Å². The van der Waals surface area contributed by atoms with Crippen molar-refractivity contribution in [3.05, 3.63) is 71.8 Å². The first kappa shape index (κ1) is 18.2. The molecule has 1 unspecified atom stereocenters. The fourth-order valence-corrected chi connectivity index (χ4v) is 3.67. The number of ether oxygens (including phenoxy) is 2. The number of hydrogen-bond acceptors (Lipinski definition) is 5. The molecule has 0 aromatic heterocycles. The molecule has 2 aliphatic rings. The number of hydrogen-bond donors (Lipinski definition) is 1. The SMILES string of the molecule is C[C@@]12OC(c3ccccc3)[C@@H]1N(CC(=O)OCc1ccccc1)C(=O)NC2=O. The molecule has 7 nitrogen and oxygen atoms in total. The van der Waals surface area contributed by atoms with Crippen molar-refractivity contribution >= 4 is 17.9 Å². The van der Waals surface area contributed by atoms with Crippen LogP contribution in [0.25, 0.3) is 0 Å². The highest BCUT2D eigenvalue weighted by Crippen LogP contribution is 2.48. The van der Waals surface area contributed by atoms with Crippen molar-refractivity contribution in [3.63, 3.8) is 0 Å². The van der Waals surface area contributed by atoms with Crippen LogP contribution >= 0.6 is 0 Å². The van der Waals surface area contributed by atoms with E-state index in [0.717, 1.165) is 11.1 Å². The fraction of sp³-hybridized carbons (Fsp3) is 0.286. The second kappa shape index (κ2) is 7.09. The Bertz CT molecular complexity index is 902. The molecule has 2 fully saturated rings. The van der Waals surface area contributed by atoms with Crippen molar-refractivity contribution in [3.8, 4) is 0 Å². The molecule has 3 amide bonds. The minimum absolute atomic E-state index is 0.120. The van der Waals surface area contributed by atoms with E-state index in [1.54, 1.807) is 6.92 Å². The molecular formula is C21H20N2O5. The average Bonchev–Trinajstić information content (AvgIpc) is 2.70. The largest absolute Gasteiger partial charge is 0.459 e. The summed E-state index contributed by atoms with van der Waals surface area (Å²) in [5, 5.41) is 2.27. The molecule has 2 aliphatic heterocycles. The molecule has 2 heterocycles. The predicted molar refractivity (Wildman–Crippen MR) is 98.9 cm³/mol. The second-order valence-electron chi connectivity index (χ2n) is 7.03. The smallest absolute Gasteiger partial charge is 0.326 e. The minimum Gasteiger partial charge on any atom is -0.459 e. The Hall–Kier alpha value is -3.19. The van der Waals surface area contributed by atoms with Crippen LogP contribution in [0.4, 0.5) is 4.79 Å². The number of benzene rings is 2. The first-order valence-electron chi connectivity index (χ1n) is 9.03. The summed E-state index contributed by atoms with van der Waals surface area (Å²) < 4.78 is 11.2. The lowest BCUT2D eigenvalue weighted by Gasteiger charge is -2.57. The lowest BCUT2D eigenvalue weighted by atomic mass is 9.78. The number of nitrogens with zero attached hydrogens (tertiary/aromatic N) is 1. The summed E-state index contributed by atoms with van der Waals surface area (Å²) in [7, 11) is 0. The topological polar surface area (TPSA) is 84.9 Å². The molecule has 28 heavy (non-hydrogen) atoms. The maximum absolute atomic E-state index is 12.5. The van der Waals surface area contributed by atoms with Gasteiger partial charge in [-0.1, -0.05) is 60.7 Å². The van der Waals surface area contributed by atoms with Gasteiger partial charge in [0.2, 0.25) is 0 Å². The monoisotopic (exact) mass is 380 g/mol. The Morgan fingerprint density at radius 2 is 1.75 bits per heavy atom. The molecule has 0 radical (unpaired) electrons. The standard InChI is InChI=1S/C21H20N2O5/c1-21-18(17(28-21)15-10-6-3-7-11-15)23(20(26)22-19(21)25)12-16(24)27-13-14-8-4-2-5-9-14/h2-11,17-18H,12-13H2,1H3,(H,22,25,26)/t17?,18-,21+/m0/s1. The average molecular weight is 380 g/mol. The van der Waals surface area contributed by atoms with Gasteiger partial charge in [0, 0.05) is 0 Å². The Kier molecular flexibility index (Phi) is 4.60. The van der Waals surface area contributed by atoms with Crippen molar-refractivity contribution in [2.24, 2.45) is 0 Å². The number of imide groups is 1. The van der Waals surface area contributed by atoms with E-state index in [4.69, 9.17) is 9.47 Å². The van der Waals surface area contributed by atoms with Gasteiger partial charge in [0.1, 0.15) is 25.3 Å². The molecule has 144 valence electrons. The van der Waals surface area contributed by atoms with Crippen LogP contribution < -0.4 is 5.32 Å². The van der Waals surface area contributed by atoms with Gasteiger partial charge in [-0.3, -0.25) is 14.9 Å². The van der Waals surface area contributed by atoms with Crippen LogP contribution in [0.1, 0.15) is 24.2 Å². The van der Waals surface area contributed by atoms with Gasteiger partial charge in [-0.2, -0.15) is 0 Å². The summed E-state index contributed by atoms with van der Waals surface area (Å²) in [6.07, 6.45) is -0.483. The molecule has 0 aliphatic carbocycles. The van der Waals surface area contributed by atoms with Gasteiger partial charge in [-0.25, -0.2) is 4.79 Å². The molecule has 2 saturated heterocycles. The lowest BCUT2D eigenvalue weighted by Crippen LogP contribution is -2.78. The Morgan fingerprint density at radius 1 is 1.11 bits per heavy atom. The van der Waals surface area contributed by atoms with Crippen LogP contribution in [0.2, 0.25) is 0 Å². The summed E-state index contributed by atoms with van der Waals surface area (Å²) in [5.41, 5.74) is 0.497. The predicted octanol–water partition coefficient (Wildman–Crippen LogP) is 2.18. The van der Waals surface area contributed by atoms with Crippen molar-refractivity contribution in [1.82, 2.24) is 10.2 Å². The zero-order chi connectivity index (χ0) is 19.7. The molecule has 3 atom stereocenters. The molecule has 7 heteroatoms. The zero-order valence-corrected chi connectivity index (χ0v) is 15.3.